The zero-order chi connectivity index (χ0) is 14.5. The fourth-order valence-corrected chi connectivity index (χ4v) is 1.08. The third-order valence-electron chi connectivity index (χ3n) is 1.71. The van der Waals surface area contributed by atoms with Crippen LogP contribution in [0.15, 0.2) is 18.2 Å². The van der Waals surface area contributed by atoms with Crippen molar-refractivity contribution >= 4 is 11.7 Å². The maximum absolute atomic E-state index is 11.9. The molecule has 1 heterocycles. The second-order valence-corrected chi connectivity index (χ2v) is 3.40. The average molecular weight is 284 g/mol. The minimum atomic E-state index is -4.63. The van der Waals surface area contributed by atoms with Gasteiger partial charge in [-0.2, -0.15) is 18.2 Å². The van der Waals surface area contributed by atoms with Gasteiger partial charge in [-0.25, -0.2) is 8.78 Å². The van der Waals surface area contributed by atoms with E-state index in [9.17, 15) is 26.7 Å². The molecule has 0 unspecified atom stereocenters. The molecule has 0 spiro atoms. The molecular weight excluding hydrogens is 275 g/mol. The summed E-state index contributed by atoms with van der Waals surface area (Å²) in [6.07, 6.45) is -8.99. The molecule has 0 atom stereocenters. The van der Waals surface area contributed by atoms with Crippen LogP contribution >= 0.6 is 0 Å². The first kappa shape index (κ1) is 15.1. The average Bonchev–Trinajstić information content (AvgIpc) is 2.24. The van der Waals surface area contributed by atoms with Gasteiger partial charge in [-0.15, -0.1) is 0 Å². The molecule has 0 aliphatic carbocycles. The molecule has 9 heteroatoms. The highest BCUT2D eigenvalue weighted by atomic mass is 19.4. The van der Waals surface area contributed by atoms with E-state index >= 15 is 0 Å². The monoisotopic (exact) mass is 284 g/mol. The molecule has 0 fully saturated rings. The molecule has 0 saturated carbocycles. The molecule has 0 bridgehead atoms. The number of aromatic nitrogens is 1. The maximum atomic E-state index is 11.9. The van der Waals surface area contributed by atoms with E-state index in [4.69, 9.17) is 0 Å². The van der Waals surface area contributed by atoms with Crippen molar-refractivity contribution in [3.63, 3.8) is 0 Å². The summed E-state index contributed by atoms with van der Waals surface area (Å²) in [5, 5.41) is 1.89. The number of amides is 1. The van der Waals surface area contributed by atoms with E-state index < -0.39 is 31.5 Å². The fraction of sp³-hybridized carbons (Fsp3) is 0.400. The number of anilines is 1. The lowest BCUT2D eigenvalue weighted by molar-refractivity contribution is -0.150. The number of rotatable bonds is 5. The van der Waals surface area contributed by atoms with Gasteiger partial charge in [-0.1, -0.05) is 6.07 Å². The standard InChI is InChI=1S/C10H9F5N2O2/c11-6(12)5-19-9-3-1-2-7(17-9)16-8(18)4-10(13,14)15/h1-3,6H,4-5H2,(H,16,17,18). The third-order valence-corrected chi connectivity index (χ3v) is 1.71. The fourth-order valence-electron chi connectivity index (χ4n) is 1.08. The molecule has 1 rings (SSSR count). The van der Waals surface area contributed by atoms with Gasteiger partial charge < -0.3 is 10.1 Å². The second kappa shape index (κ2) is 6.30. The molecule has 1 N–H and O–H groups in total. The van der Waals surface area contributed by atoms with Crippen LogP contribution in [0.25, 0.3) is 0 Å². The maximum Gasteiger partial charge on any atom is 0.397 e. The molecule has 0 saturated heterocycles. The van der Waals surface area contributed by atoms with Crippen molar-refractivity contribution in [3.05, 3.63) is 18.2 Å². The molecule has 19 heavy (non-hydrogen) atoms. The van der Waals surface area contributed by atoms with E-state index in [0.717, 1.165) is 0 Å². The predicted molar refractivity (Wildman–Crippen MR) is 55.0 cm³/mol. The van der Waals surface area contributed by atoms with Crippen LogP contribution in [-0.2, 0) is 4.79 Å². The lowest BCUT2D eigenvalue weighted by Crippen LogP contribution is -2.21. The molecule has 1 aromatic rings. The second-order valence-electron chi connectivity index (χ2n) is 3.40. The van der Waals surface area contributed by atoms with Crippen molar-refractivity contribution in [1.29, 1.82) is 0 Å². The summed E-state index contributed by atoms with van der Waals surface area (Å²) in [6, 6.07) is 3.75. The highest BCUT2D eigenvalue weighted by Gasteiger charge is 2.31. The van der Waals surface area contributed by atoms with Crippen LogP contribution in [0.2, 0.25) is 0 Å². The van der Waals surface area contributed by atoms with Gasteiger partial charge in [0.05, 0.1) is 0 Å². The molecule has 4 nitrogen and oxygen atoms in total. The number of alkyl halides is 5. The number of halogens is 5. The highest BCUT2D eigenvalue weighted by molar-refractivity contribution is 5.90. The number of pyridine rings is 1. The van der Waals surface area contributed by atoms with Crippen LogP contribution in [0.5, 0.6) is 5.88 Å². The molecule has 1 amide bonds. The Labute approximate surface area is 104 Å². The van der Waals surface area contributed by atoms with Crippen LogP contribution in [0.3, 0.4) is 0 Å². The molecule has 1 aromatic heterocycles. The van der Waals surface area contributed by atoms with E-state index in [1.54, 1.807) is 0 Å². The Morgan fingerprint density at radius 2 is 2.05 bits per heavy atom. The van der Waals surface area contributed by atoms with Gasteiger partial charge in [0.1, 0.15) is 12.2 Å². The van der Waals surface area contributed by atoms with E-state index in [0.29, 0.717) is 0 Å². The summed E-state index contributed by atoms with van der Waals surface area (Å²) < 4.78 is 64.0. The Morgan fingerprint density at radius 1 is 1.37 bits per heavy atom. The van der Waals surface area contributed by atoms with Gasteiger partial charge in [0, 0.05) is 6.07 Å². The summed E-state index contributed by atoms with van der Waals surface area (Å²) in [6.45, 7) is -0.896. The van der Waals surface area contributed by atoms with Crippen molar-refractivity contribution in [1.82, 2.24) is 4.98 Å². The van der Waals surface area contributed by atoms with Gasteiger partial charge in [0.2, 0.25) is 11.8 Å². The first-order chi connectivity index (χ1) is 8.76. The van der Waals surface area contributed by atoms with E-state index in [2.05, 4.69) is 9.72 Å². The summed E-state index contributed by atoms with van der Waals surface area (Å²) in [7, 11) is 0. The van der Waals surface area contributed by atoms with E-state index in [1.165, 1.54) is 18.2 Å². The van der Waals surface area contributed by atoms with Crippen LogP contribution < -0.4 is 10.1 Å². The van der Waals surface area contributed by atoms with Crippen LogP contribution in [0, 0.1) is 0 Å². The lowest BCUT2D eigenvalue weighted by Gasteiger charge is -2.09. The quantitative estimate of drug-likeness (QED) is 0.846. The zero-order valence-corrected chi connectivity index (χ0v) is 9.38. The normalized spacial score (nSPS) is 11.5. The lowest BCUT2D eigenvalue weighted by atomic mass is 10.4. The SMILES string of the molecule is O=C(CC(F)(F)F)Nc1cccc(OCC(F)F)n1. The minimum Gasteiger partial charge on any atom is -0.472 e. The van der Waals surface area contributed by atoms with Crippen molar-refractivity contribution in [2.75, 3.05) is 11.9 Å². The Kier molecular flexibility index (Phi) is 5.02. The predicted octanol–water partition coefficient (Wildman–Crippen LogP) is 2.62. The number of nitrogens with zero attached hydrogens (tertiary/aromatic N) is 1. The van der Waals surface area contributed by atoms with E-state index in [-0.39, 0.29) is 11.7 Å². The van der Waals surface area contributed by atoms with Gasteiger partial charge in [0.15, 0.2) is 6.61 Å². The zero-order valence-electron chi connectivity index (χ0n) is 9.38. The van der Waals surface area contributed by atoms with Crippen LogP contribution in [-0.4, -0.2) is 30.1 Å². The molecule has 0 aliphatic heterocycles. The Balaban J connectivity index is 2.59. The van der Waals surface area contributed by atoms with Gasteiger partial charge in [-0.3, -0.25) is 4.79 Å². The summed E-state index contributed by atoms with van der Waals surface area (Å²) in [5.74, 6) is -1.72. The number of carbonyl (C=O) groups is 1. The molecular formula is C10H9F5N2O2. The summed E-state index contributed by atoms with van der Waals surface area (Å²) in [4.78, 5) is 14.5. The Morgan fingerprint density at radius 3 is 2.63 bits per heavy atom. The Bertz CT molecular complexity index is 436. The minimum absolute atomic E-state index is 0.207. The van der Waals surface area contributed by atoms with Crippen molar-refractivity contribution in [2.45, 2.75) is 19.0 Å². The van der Waals surface area contributed by atoms with Crippen molar-refractivity contribution in [2.24, 2.45) is 0 Å². The topological polar surface area (TPSA) is 51.2 Å². The number of ether oxygens (including phenoxy) is 1. The smallest absolute Gasteiger partial charge is 0.397 e. The molecule has 0 radical (unpaired) electrons. The Hall–Kier alpha value is -1.93. The number of carbonyl (C=O) groups excluding carboxylic acids is 1. The van der Waals surface area contributed by atoms with Crippen molar-refractivity contribution < 1.29 is 31.5 Å². The van der Waals surface area contributed by atoms with Gasteiger partial charge in [-0.05, 0) is 6.07 Å². The third kappa shape index (κ3) is 6.53. The first-order valence-corrected chi connectivity index (χ1v) is 5.01. The number of hydrogen-bond donors (Lipinski definition) is 1. The molecule has 106 valence electrons. The van der Waals surface area contributed by atoms with Gasteiger partial charge >= 0.3 is 6.18 Å². The van der Waals surface area contributed by atoms with Crippen LogP contribution in [0.4, 0.5) is 27.8 Å². The number of nitrogens with one attached hydrogen (secondary N) is 1. The van der Waals surface area contributed by atoms with E-state index in [1.807, 2.05) is 5.32 Å². The summed E-state index contributed by atoms with van der Waals surface area (Å²) in [5.41, 5.74) is 0. The largest absolute Gasteiger partial charge is 0.472 e. The van der Waals surface area contributed by atoms with Gasteiger partial charge in [0.25, 0.3) is 6.43 Å². The first-order valence-electron chi connectivity index (χ1n) is 5.01. The molecule has 0 aromatic carbocycles. The summed E-state index contributed by atoms with van der Waals surface area (Å²) >= 11 is 0. The van der Waals surface area contributed by atoms with Crippen LogP contribution in [0.1, 0.15) is 6.42 Å². The molecule has 0 aliphatic rings. The highest BCUT2D eigenvalue weighted by Crippen LogP contribution is 2.20. The van der Waals surface area contributed by atoms with Crippen molar-refractivity contribution in [3.8, 4) is 5.88 Å². The number of hydrogen-bond acceptors (Lipinski definition) is 3.